The topological polar surface area (TPSA) is 52.0 Å². The molecule has 0 spiro atoms. The Hall–Kier alpha value is -2.25. The zero-order valence-electron chi connectivity index (χ0n) is 10.8. The molecule has 5 nitrogen and oxygen atoms in total. The molecule has 8 heteroatoms. The van der Waals surface area contributed by atoms with Crippen molar-refractivity contribution in [3.8, 4) is 5.88 Å². The maximum Gasteiger partial charge on any atom is 0.264 e. The Morgan fingerprint density at radius 2 is 2.10 bits per heavy atom. The Bertz CT molecular complexity index is 588. The summed E-state index contributed by atoms with van der Waals surface area (Å²) in [6.07, 6.45) is 0.917. The maximum atomic E-state index is 13.3. The molecule has 0 aliphatic carbocycles. The average molecular weight is 286 g/mol. The molecular formula is C12H13F3N4O. The predicted molar refractivity (Wildman–Crippen MR) is 66.7 cm³/mol. The molecular weight excluding hydrogens is 273 g/mol. The van der Waals surface area contributed by atoms with Gasteiger partial charge in [-0.25, -0.2) is 18.2 Å². The largest absolute Gasteiger partial charge is 0.481 e. The Morgan fingerprint density at radius 3 is 2.65 bits per heavy atom. The van der Waals surface area contributed by atoms with Gasteiger partial charge in [-0.3, -0.25) is 4.68 Å². The number of anilines is 1. The molecule has 20 heavy (non-hydrogen) atoms. The van der Waals surface area contributed by atoms with Crippen LogP contribution in [0.2, 0.25) is 0 Å². The van der Waals surface area contributed by atoms with Crippen molar-refractivity contribution in [3.63, 3.8) is 0 Å². The van der Waals surface area contributed by atoms with Crippen molar-refractivity contribution in [3.05, 3.63) is 36.0 Å². The summed E-state index contributed by atoms with van der Waals surface area (Å²) in [4.78, 5) is 3.67. The average Bonchev–Trinajstić information content (AvgIpc) is 2.87. The van der Waals surface area contributed by atoms with Gasteiger partial charge in [-0.2, -0.15) is 5.10 Å². The van der Waals surface area contributed by atoms with Gasteiger partial charge in [-0.1, -0.05) is 0 Å². The number of nitrogens with one attached hydrogen (secondary N) is 1. The maximum absolute atomic E-state index is 13.3. The summed E-state index contributed by atoms with van der Waals surface area (Å²) >= 11 is 0. The SMILES string of the molecule is CNc1cnn(C(c2cc(F)cnc2OC)C(F)F)c1. The van der Waals surface area contributed by atoms with Crippen molar-refractivity contribution < 1.29 is 17.9 Å². The van der Waals surface area contributed by atoms with Crippen LogP contribution in [0, 0.1) is 5.82 Å². The molecule has 0 aliphatic rings. The number of aromatic nitrogens is 3. The van der Waals surface area contributed by atoms with Crippen LogP contribution in [0.3, 0.4) is 0 Å². The molecule has 0 saturated heterocycles. The predicted octanol–water partition coefficient (Wildman–Crippen LogP) is 2.32. The third kappa shape index (κ3) is 2.68. The smallest absolute Gasteiger partial charge is 0.264 e. The lowest BCUT2D eigenvalue weighted by molar-refractivity contribution is 0.0935. The third-order valence-electron chi connectivity index (χ3n) is 2.77. The highest BCUT2D eigenvalue weighted by atomic mass is 19.3. The minimum Gasteiger partial charge on any atom is -0.481 e. The highest BCUT2D eigenvalue weighted by Crippen LogP contribution is 2.31. The molecule has 0 fully saturated rings. The molecule has 1 N–H and O–H groups in total. The molecule has 2 aromatic heterocycles. The summed E-state index contributed by atoms with van der Waals surface area (Å²) in [6, 6.07) is -0.501. The standard InChI is InChI=1S/C12H13F3N4O/c1-16-8-5-18-19(6-8)10(11(14)15)9-3-7(13)4-17-12(9)20-2/h3-6,10-11,16H,1-2H3. The molecule has 2 aromatic rings. The van der Waals surface area contributed by atoms with Crippen LogP contribution in [-0.2, 0) is 0 Å². The van der Waals surface area contributed by atoms with Gasteiger partial charge in [0.05, 0.1) is 25.2 Å². The molecule has 2 heterocycles. The number of pyridine rings is 1. The molecule has 108 valence electrons. The van der Waals surface area contributed by atoms with Gasteiger partial charge in [0.2, 0.25) is 5.88 Å². The van der Waals surface area contributed by atoms with E-state index < -0.39 is 18.3 Å². The number of methoxy groups -OCH3 is 1. The summed E-state index contributed by atoms with van der Waals surface area (Å²) in [5.74, 6) is -0.773. The van der Waals surface area contributed by atoms with E-state index in [0.29, 0.717) is 5.69 Å². The highest BCUT2D eigenvalue weighted by Gasteiger charge is 2.29. The molecule has 2 rings (SSSR count). The van der Waals surface area contributed by atoms with Gasteiger partial charge in [0.15, 0.2) is 0 Å². The van der Waals surface area contributed by atoms with Crippen LogP contribution in [0.25, 0.3) is 0 Å². The van der Waals surface area contributed by atoms with E-state index in [0.717, 1.165) is 16.9 Å². The van der Waals surface area contributed by atoms with Crippen LogP contribution < -0.4 is 10.1 Å². The summed E-state index contributed by atoms with van der Waals surface area (Å²) in [5, 5.41) is 6.64. The molecule has 1 unspecified atom stereocenters. The summed E-state index contributed by atoms with van der Waals surface area (Å²) in [7, 11) is 2.93. The van der Waals surface area contributed by atoms with Crippen LogP contribution in [0.15, 0.2) is 24.7 Å². The fourth-order valence-electron chi connectivity index (χ4n) is 1.84. The monoisotopic (exact) mass is 286 g/mol. The van der Waals surface area contributed by atoms with Crippen LogP contribution in [0.5, 0.6) is 5.88 Å². The zero-order valence-corrected chi connectivity index (χ0v) is 10.8. The second kappa shape index (κ2) is 5.81. The molecule has 0 bridgehead atoms. The molecule has 0 radical (unpaired) electrons. The lowest BCUT2D eigenvalue weighted by Crippen LogP contribution is -2.20. The van der Waals surface area contributed by atoms with E-state index in [1.165, 1.54) is 19.5 Å². The Balaban J connectivity index is 2.50. The van der Waals surface area contributed by atoms with Crippen LogP contribution in [0.1, 0.15) is 11.6 Å². The van der Waals surface area contributed by atoms with Crippen molar-refractivity contribution >= 4 is 5.69 Å². The molecule has 0 aliphatic heterocycles. The van der Waals surface area contributed by atoms with Crippen LogP contribution in [0.4, 0.5) is 18.9 Å². The van der Waals surface area contributed by atoms with E-state index in [-0.39, 0.29) is 11.4 Å². The second-order valence-electron chi connectivity index (χ2n) is 3.99. The Morgan fingerprint density at radius 1 is 1.35 bits per heavy atom. The van der Waals surface area contributed by atoms with E-state index in [2.05, 4.69) is 15.4 Å². The van der Waals surface area contributed by atoms with Crippen LogP contribution >= 0.6 is 0 Å². The fourth-order valence-corrected chi connectivity index (χ4v) is 1.84. The molecule has 0 saturated carbocycles. The fraction of sp³-hybridized carbons (Fsp3) is 0.333. The number of alkyl halides is 2. The quantitative estimate of drug-likeness (QED) is 0.916. The van der Waals surface area contributed by atoms with Crippen molar-refractivity contribution in [2.24, 2.45) is 0 Å². The van der Waals surface area contributed by atoms with Gasteiger partial charge < -0.3 is 10.1 Å². The van der Waals surface area contributed by atoms with Crippen molar-refractivity contribution in [2.45, 2.75) is 12.5 Å². The van der Waals surface area contributed by atoms with E-state index in [1.54, 1.807) is 7.05 Å². The number of hydrogen-bond donors (Lipinski definition) is 1. The summed E-state index contributed by atoms with van der Waals surface area (Å²) in [6.45, 7) is 0. The number of nitrogens with zero attached hydrogens (tertiary/aromatic N) is 3. The normalized spacial score (nSPS) is 12.5. The van der Waals surface area contributed by atoms with E-state index in [1.807, 2.05) is 0 Å². The summed E-state index contributed by atoms with van der Waals surface area (Å²) in [5.41, 5.74) is 0.507. The van der Waals surface area contributed by atoms with Crippen LogP contribution in [-0.4, -0.2) is 35.3 Å². The van der Waals surface area contributed by atoms with Gasteiger partial charge in [-0.15, -0.1) is 0 Å². The molecule has 0 aromatic carbocycles. The highest BCUT2D eigenvalue weighted by molar-refractivity contribution is 5.38. The first kappa shape index (κ1) is 14.2. The number of halogens is 3. The first-order chi connectivity index (χ1) is 9.56. The lowest BCUT2D eigenvalue weighted by atomic mass is 10.1. The Kier molecular flexibility index (Phi) is 4.11. The second-order valence-corrected chi connectivity index (χ2v) is 3.99. The minimum atomic E-state index is -2.79. The number of rotatable bonds is 5. The van der Waals surface area contributed by atoms with Crippen molar-refractivity contribution in [1.82, 2.24) is 14.8 Å². The Labute approximate surface area is 113 Å². The lowest BCUT2D eigenvalue weighted by Gasteiger charge is -2.18. The zero-order chi connectivity index (χ0) is 14.7. The van der Waals surface area contributed by atoms with Gasteiger partial charge in [-0.05, 0) is 6.07 Å². The molecule has 0 amide bonds. The van der Waals surface area contributed by atoms with Gasteiger partial charge in [0.25, 0.3) is 6.43 Å². The van der Waals surface area contributed by atoms with Crippen molar-refractivity contribution in [2.75, 3.05) is 19.5 Å². The number of ether oxygens (including phenoxy) is 1. The third-order valence-corrected chi connectivity index (χ3v) is 2.77. The van der Waals surface area contributed by atoms with Gasteiger partial charge >= 0.3 is 0 Å². The van der Waals surface area contributed by atoms with Gasteiger partial charge in [0, 0.05) is 18.8 Å². The summed E-state index contributed by atoms with van der Waals surface area (Å²) < 4.78 is 45.9. The first-order valence-corrected chi connectivity index (χ1v) is 5.76. The molecule has 1 atom stereocenters. The minimum absolute atomic E-state index is 0.0572. The van der Waals surface area contributed by atoms with Gasteiger partial charge in [0.1, 0.15) is 11.9 Å². The van der Waals surface area contributed by atoms with E-state index in [4.69, 9.17) is 4.74 Å². The van der Waals surface area contributed by atoms with Crippen molar-refractivity contribution in [1.29, 1.82) is 0 Å². The first-order valence-electron chi connectivity index (χ1n) is 5.76. The van der Waals surface area contributed by atoms with E-state index >= 15 is 0 Å². The van der Waals surface area contributed by atoms with E-state index in [9.17, 15) is 13.2 Å². The number of hydrogen-bond acceptors (Lipinski definition) is 4.